The molecule has 2 aliphatic rings. The van der Waals surface area contributed by atoms with Gasteiger partial charge in [0.25, 0.3) is 0 Å². The first-order valence-electron chi connectivity index (χ1n) is 10.3. The molecule has 0 unspecified atom stereocenters. The normalized spacial score (nSPS) is 14.1. The van der Waals surface area contributed by atoms with Crippen LogP contribution in [0.25, 0.3) is 27.4 Å². The third kappa shape index (κ3) is 4.65. The fraction of sp³-hybridized carbons (Fsp3) is 0.192. The molecular formula is C26H23Cl2NTi-2. The van der Waals surface area contributed by atoms with Gasteiger partial charge in [0.15, 0.2) is 0 Å². The van der Waals surface area contributed by atoms with Gasteiger partial charge < -0.3 is 4.57 Å². The van der Waals surface area contributed by atoms with E-state index in [0.29, 0.717) is 0 Å². The summed E-state index contributed by atoms with van der Waals surface area (Å²) in [5.41, 5.74) is 5.79. The number of benzene rings is 2. The maximum Gasteiger partial charge on any atom is 0.0516 e. The van der Waals surface area contributed by atoms with E-state index in [9.17, 15) is 0 Å². The van der Waals surface area contributed by atoms with Crippen molar-refractivity contribution in [2.24, 2.45) is 0 Å². The molecule has 0 atom stereocenters. The quantitative estimate of drug-likeness (QED) is 0.197. The molecule has 152 valence electrons. The van der Waals surface area contributed by atoms with Crippen molar-refractivity contribution in [2.75, 3.05) is 0 Å². The molecule has 30 heavy (non-hydrogen) atoms. The van der Waals surface area contributed by atoms with Gasteiger partial charge in [-0.25, -0.2) is 12.2 Å². The van der Waals surface area contributed by atoms with Crippen molar-refractivity contribution in [3.63, 3.8) is 0 Å². The minimum absolute atomic E-state index is 0.556. The van der Waals surface area contributed by atoms with Gasteiger partial charge in [-0.15, -0.1) is 47.5 Å². The Balaban J connectivity index is 0.000000233. The summed E-state index contributed by atoms with van der Waals surface area (Å²) in [6.07, 6.45) is 15.1. The molecule has 4 heteroatoms. The monoisotopic (exact) mass is 467 g/mol. The van der Waals surface area contributed by atoms with Crippen molar-refractivity contribution in [1.82, 2.24) is 4.57 Å². The van der Waals surface area contributed by atoms with Gasteiger partial charge in [0, 0.05) is 11.1 Å². The number of hydrogen-bond donors (Lipinski definition) is 0. The molecule has 3 aromatic carbocycles. The molecule has 0 bridgehead atoms. The molecule has 0 saturated carbocycles. The fourth-order valence-electron chi connectivity index (χ4n) is 4.39. The van der Waals surface area contributed by atoms with Crippen LogP contribution in [0.3, 0.4) is 0 Å². The molecule has 4 aromatic rings. The first kappa shape index (κ1) is 21.6. The van der Waals surface area contributed by atoms with E-state index in [-0.39, 0.29) is 0 Å². The third-order valence-corrected chi connectivity index (χ3v) is 5.63. The van der Waals surface area contributed by atoms with Crippen LogP contribution in [-0.2, 0) is 29.9 Å². The number of rotatable bonds is 1. The average Bonchev–Trinajstić information content (AvgIpc) is 3.53. The van der Waals surface area contributed by atoms with Crippen molar-refractivity contribution in [3.8, 4) is 5.69 Å². The van der Waals surface area contributed by atoms with E-state index >= 15 is 0 Å². The van der Waals surface area contributed by atoms with Gasteiger partial charge in [-0.3, -0.25) is 6.08 Å². The number of allylic oxidation sites excluding steroid dienone is 4. The Labute approximate surface area is 195 Å². The van der Waals surface area contributed by atoms with Crippen molar-refractivity contribution < 1.29 is 17.0 Å². The van der Waals surface area contributed by atoms with E-state index in [2.05, 4.69) is 77.4 Å². The fourth-order valence-corrected chi connectivity index (χ4v) is 4.39. The van der Waals surface area contributed by atoms with Crippen LogP contribution in [0.2, 0.25) is 0 Å². The Morgan fingerprint density at radius 1 is 0.967 bits per heavy atom. The molecule has 0 saturated heterocycles. The number of nitrogens with zero attached hydrogens (tertiary/aromatic N) is 1. The summed E-state index contributed by atoms with van der Waals surface area (Å²) in [7, 11) is 9.78. The summed E-state index contributed by atoms with van der Waals surface area (Å²) >= 11 is -0.556. The maximum atomic E-state index is 4.89. The molecule has 2 aliphatic carbocycles. The van der Waals surface area contributed by atoms with Crippen molar-refractivity contribution >= 4 is 40.3 Å². The van der Waals surface area contributed by atoms with Crippen LogP contribution in [0.4, 0.5) is 0 Å². The molecule has 1 aromatic heterocycles. The van der Waals surface area contributed by atoms with Gasteiger partial charge in [0.1, 0.15) is 0 Å². The Morgan fingerprint density at radius 3 is 2.47 bits per heavy atom. The van der Waals surface area contributed by atoms with Gasteiger partial charge in [-0.05, 0) is 43.0 Å². The minimum Gasteiger partial charge on any atom is -0.332 e. The Kier molecular flexibility index (Phi) is 7.63. The first-order valence-corrected chi connectivity index (χ1v) is 14.6. The van der Waals surface area contributed by atoms with Gasteiger partial charge in [-0.2, -0.15) is 6.08 Å². The largest absolute Gasteiger partial charge is 0.332 e. The molecule has 0 radical (unpaired) electrons. The SMILES string of the molecule is [C-]1=CC=CC1.[Cl][Ti][Cl].c1ccc2[cH-]c(-n3c4c(c5ccccc53)CCCC4)cc2c1. The third-order valence-electron chi connectivity index (χ3n) is 5.63. The molecule has 6 rings (SSSR count). The average molecular weight is 468 g/mol. The van der Waals surface area contributed by atoms with Crippen LogP contribution in [-0.4, -0.2) is 4.57 Å². The zero-order valence-electron chi connectivity index (χ0n) is 16.7. The van der Waals surface area contributed by atoms with E-state index < -0.39 is 17.0 Å². The van der Waals surface area contributed by atoms with E-state index in [1.165, 1.54) is 58.7 Å². The second kappa shape index (κ2) is 10.6. The van der Waals surface area contributed by atoms with Gasteiger partial charge in [0.2, 0.25) is 0 Å². The minimum atomic E-state index is -0.556. The molecule has 1 heterocycles. The number of aryl methyl sites for hydroxylation is 1. The zero-order valence-corrected chi connectivity index (χ0v) is 19.8. The van der Waals surface area contributed by atoms with Crippen LogP contribution >= 0.6 is 18.6 Å². The molecule has 0 amide bonds. The summed E-state index contributed by atoms with van der Waals surface area (Å²) in [5, 5.41) is 4.11. The Bertz CT molecular complexity index is 1140. The Hall–Kier alpha value is -1.64. The topological polar surface area (TPSA) is 4.93 Å². The summed E-state index contributed by atoms with van der Waals surface area (Å²) in [6, 6.07) is 22.2. The first-order chi connectivity index (χ1) is 14.8. The van der Waals surface area contributed by atoms with E-state index in [1.807, 2.05) is 12.2 Å². The van der Waals surface area contributed by atoms with Crippen LogP contribution in [0.1, 0.15) is 30.5 Å². The number of fused-ring (bicyclic) bond motifs is 4. The van der Waals surface area contributed by atoms with E-state index in [4.69, 9.17) is 18.6 Å². The molecule has 1 nitrogen and oxygen atoms in total. The summed E-state index contributed by atoms with van der Waals surface area (Å²) in [6.45, 7) is 0. The number of hydrogen-bond acceptors (Lipinski definition) is 0. The van der Waals surface area contributed by atoms with Crippen molar-refractivity contribution in [2.45, 2.75) is 32.1 Å². The van der Waals surface area contributed by atoms with Crippen LogP contribution in [0.15, 0.2) is 78.9 Å². The summed E-state index contributed by atoms with van der Waals surface area (Å²) in [4.78, 5) is 0. The molecule has 0 spiro atoms. The van der Waals surface area contributed by atoms with Gasteiger partial charge in [0.05, 0.1) is 5.52 Å². The van der Waals surface area contributed by atoms with Gasteiger partial charge in [-0.1, -0.05) is 24.3 Å². The predicted octanol–water partition coefficient (Wildman–Crippen LogP) is 8.06. The second-order valence-corrected chi connectivity index (χ2v) is 9.98. The van der Waals surface area contributed by atoms with Crippen LogP contribution in [0, 0.1) is 6.08 Å². The van der Waals surface area contributed by atoms with Crippen molar-refractivity contribution in [1.29, 1.82) is 0 Å². The number of para-hydroxylation sites is 1. The number of aromatic nitrogens is 1. The molecular weight excluding hydrogens is 445 g/mol. The maximum absolute atomic E-state index is 4.89. The van der Waals surface area contributed by atoms with Gasteiger partial charge >= 0.3 is 35.6 Å². The Morgan fingerprint density at radius 2 is 1.73 bits per heavy atom. The van der Waals surface area contributed by atoms with Crippen molar-refractivity contribution in [3.05, 3.63) is 96.2 Å². The summed E-state index contributed by atoms with van der Waals surface area (Å²) < 4.78 is 2.50. The van der Waals surface area contributed by atoms with E-state index in [1.54, 1.807) is 5.56 Å². The van der Waals surface area contributed by atoms with Crippen LogP contribution < -0.4 is 0 Å². The molecule has 0 N–H and O–H groups in total. The molecule has 0 aliphatic heterocycles. The summed E-state index contributed by atoms with van der Waals surface area (Å²) in [5.74, 6) is 0. The number of halogens is 2. The second-order valence-electron chi connectivity index (χ2n) is 7.40. The predicted molar refractivity (Wildman–Crippen MR) is 126 cm³/mol. The smallest absolute Gasteiger partial charge is 0.0516 e. The molecule has 0 fully saturated rings. The van der Waals surface area contributed by atoms with E-state index in [0.717, 1.165) is 6.42 Å². The zero-order chi connectivity index (χ0) is 20.8. The van der Waals surface area contributed by atoms with Crippen LogP contribution in [0.5, 0.6) is 0 Å². The standard InChI is InChI=1S/C21H18N.C5H5.2ClH.Ti/c1-2-8-16-14-17(13-15(16)7-1)22-20-11-5-3-9-18(20)19-10-4-6-12-21(19)22;1-2-4-5-3-1;;;/h1-3,5,7-9,11,13-14H,4,6,10,12H2;1-3H,4H2;2*1H;/q2*-1;;;+2/p-2.